The number of rotatable bonds is 9. The van der Waals surface area contributed by atoms with E-state index >= 15 is 0 Å². The molecule has 0 spiro atoms. The van der Waals surface area contributed by atoms with E-state index in [2.05, 4.69) is 10.1 Å². The summed E-state index contributed by atoms with van der Waals surface area (Å²) in [5.74, 6) is -5.07. The molecule has 1 heterocycles. The number of ether oxygens (including phenoxy) is 6. The normalized spacial score (nSPS) is 21.2. The van der Waals surface area contributed by atoms with Crippen molar-refractivity contribution >= 4 is 35.8 Å². The van der Waals surface area contributed by atoms with Crippen molar-refractivity contribution in [3.63, 3.8) is 0 Å². The fraction of sp³-hybridized carbons (Fsp3) is 0.600. The van der Waals surface area contributed by atoms with Crippen LogP contribution in [-0.2, 0) is 57.2 Å². The van der Waals surface area contributed by atoms with E-state index in [0.29, 0.717) is 0 Å². The van der Waals surface area contributed by atoms with Crippen molar-refractivity contribution in [2.45, 2.75) is 65.1 Å². The van der Waals surface area contributed by atoms with E-state index < -0.39 is 78.6 Å². The Balaban J connectivity index is 3.58. The molecule has 1 aliphatic heterocycles. The van der Waals surface area contributed by atoms with Crippen LogP contribution in [0.15, 0.2) is 11.8 Å². The van der Waals surface area contributed by atoms with E-state index in [-0.39, 0.29) is 0 Å². The molecule has 33 heavy (non-hydrogen) atoms. The summed E-state index contributed by atoms with van der Waals surface area (Å²) in [6.45, 7) is 4.96. The second-order valence-corrected chi connectivity index (χ2v) is 6.93. The molecule has 1 amide bonds. The Morgan fingerprint density at radius 1 is 0.939 bits per heavy atom. The summed E-state index contributed by atoms with van der Waals surface area (Å²) in [6.07, 6.45) is -4.52. The van der Waals surface area contributed by atoms with Gasteiger partial charge in [-0.05, 0) is 0 Å². The Morgan fingerprint density at radius 3 is 2.00 bits per heavy atom. The monoisotopic (exact) mass is 473 g/mol. The smallest absolute Gasteiger partial charge is 0.373 e. The zero-order valence-electron chi connectivity index (χ0n) is 19.1. The third-order valence-corrected chi connectivity index (χ3v) is 4.11. The summed E-state index contributed by atoms with van der Waals surface area (Å²) in [5.41, 5.74) is 0. The van der Waals surface area contributed by atoms with Crippen LogP contribution in [0, 0.1) is 0 Å². The first-order valence-corrected chi connectivity index (χ1v) is 9.74. The molecular weight excluding hydrogens is 446 g/mol. The number of amides is 1. The number of hydrogen-bond acceptors (Lipinski definition) is 12. The van der Waals surface area contributed by atoms with Gasteiger partial charge in [-0.1, -0.05) is 0 Å². The van der Waals surface area contributed by atoms with E-state index in [1.165, 1.54) is 6.92 Å². The number of methoxy groups -OCH3 is 1. The van der Waals surface area contributed by atoms with Crippen molar-refractivity contribution in [2.75, 3.05) is 13.7 Å². The Labute approximate surface area is 189 Å². The Bertz CT molecular complexity index is 820. The van der Waals surface area contributed by atoms with Crippen molar-refractivity contribution in [1.29, 1.82) is 0 Å². The van der Waals surface area contributed by atoms with Gasteiger partial charge in [0.15, 0.2) is 18.3 Å². The topological polar surface area (TPSA) is 170 Å². The molecule has 13 heteroatoms. The Hall–Kier alpha value is -3.64. The highest BCUT2D eigenvalue weighted by atomic mass is 16.6. The molecule has 0 aromatic rings. The number of nitrogens with one attached hydrogen (secondary N) is 1. The van der Waals surface area contributed by atoms with Gasteiger partial charge in [-0.15, -0.1) is 0 Å². The first-order valence-electron chi connectivity index (χ1n) is 9.74. The van der Waals surface area contributed by atoms with E-state index in [0.717, 1.165) is 40.9 Å². The molecule has 0 aliphatic carbocycles. The van der Waals surface area contributed by atoms with Crippen molar-refractivity contribution in [1.82, 2.24) is 5.32 Å². The average Bonchev–Trinajstić information content (AvgIpc) is 2.68. The highest BCUT2D eigenvalue weighted by Gasteiger charge is 2.49. The molecule has 1 aliphatic rings. The van der Waals surface area contributed by atoms with Crippen LogP contribution in [0.4, 0.5) is 0 Å². The number of carbonyl (C=O) groups excluding carboxylic acids is 6. The lowest BCUT2D eigenvalue weighted by Crippen LogP contribution is -2.62. The fourth-order valence-corrected chi connectivity index (χ4v) is 3.04. The van der Waals surface area contributed by atoms with Gasteiger partial charge in [-0.2, -0.15) is 0 Å². The predicted molar refractivity (Wildman–Crippen MR) is 106 cm³/mol. The highest BCUT2D eigenvalue weighted by molar-refractivity contribution is 5.86. The Kier molecular flexibility index (Phi) is 10.3. The van der Waals surface area contributed by atoms with E-state index in [4.69, 9.17) is 23.7 Å². The van der Waals surface area contributed by atoms with Crippen molar-refractivity contribution in [3.8, 4) is 0 Å². The molecule has 0 radical (unpaired) electrons. The second-order valence-electron chi connectivity index (χ2n) is 6.93. The maximum absolute atomic E-state index is 12.2. The van der Waals surface area contributed by atoms with Gasteiger partial charge in [-0.25, -0.2) is 4.79 Å². The van der Waals surface area contributed by atoms with Crippen LogP contribution >= 0.6 is 0 Å². The molecule has 0 saturated carbocycles. The molecule has 0 aromatic heterocycles. The average molecular weight is 473 g/mol. The SMILES string of the molecule is COC(=O)C1=C[C@H](OC(C)=O)[C@@H](NC(C)=O)[C@H]([C@H](OC(C)=O)C(COC(C)=O)OC(C)=O)O1. The van der Waals surface area contributed by atoms with Crippen LogP contribution in [0.3, 0.4) is 0 Å². The van der Waals surface area contributed by atoms with Crippen LogP contribution in [0.1, 0.15) is 34.6 Å². The van der Waals surface area contributed by atoms with E-state index in [1.54, 1.807) is 0 Å². The highest BCUT2D eigenvalue weighted by Crippen LogP contribution is 2.28. The molecule has 0 saturated heterocycles. The molecule has 1 unspecified atom stereocenters. The largest absolute Gasteiger partial charge is 0.477 e. The van der Waals surface area contributed by atoms with Crippen LogP contribution in [0.25, 0.3) is 0 Å². The molecule has 13 nitrogen and oxygen atoms in total. The molecule has 0 bridgehead atoms. The van der Waals surface area contributed by atoms with Crippen molar-refractivity contribution in [3.05, 3.63) is 11.8 Å². The van der Waals surface area contributed by atoms with Crippen LogP contribution in [-0.4, -0.2) is 79.9 Å². The molecule has 0 fully saturated rings. The summed E-state index contributed by atoms with van der Waals surface area (Å²) in [6, 6.07) is -1.21. The van der Waals surface area contributed by atoms with Gasteiger partial charge < -0.3 is 33.7 Å². The zero-order chi connectivity index (χ0) is 25.3. The second kappa shape index (κ2) is 12.4. The maximum Gasteiger partial charge on any atom is 0.373 e. The first kappa shape index (κ1) is 27.4. The molecule has 1 N–H and O–H groups in total. The number of carbonyl (C=O) groups is 6. The van der Waals surface area contributed by atoms with Gasteiger partial charge in [0.05, 0.1) is 7.11 Å². The quantitative estimate of drug-likeness (QED) is 0.331. The molecular formula is C20H27NO12. The third-order valence-electron chi connectivity index (χ3n) is 4.11. The number of hydrogen-bond donors (Lipinski definition) is 1. The summed E-state index contributed by atoms with van der Waals surface area (Å²) in [5, 5.41) is 2.51. The summed E-state index contributed by atoms with van der Waals surface area (Å²) < 4.78 is 30.9. The minimum Gasteiger partial charge on any atom is -0.477 e. The maximum atomic E-state index is 12.2. The lowest BCUT2D eigenvalue weighted by molar-refractivity contribution is -0.191. The summed E-state index contributed by atoms with van der Waals surface area (Å²) in [7, 11) is 1.08. The molecule has 0 aromatic carbocycles. The minimum absolute atomic E-state index is 0.415. The fourth-order valence-electron chi connectivity index (χ4n) is 3.04. The van der Waals surface area contributed by atoms with Gasteiger partial charge in [-0.3, -0.25) is 24.0 Å². The number of esters is 5. The van der Waals surface area contributed by atoms with Crippen LogP contribution in [0.2, 0.25) is 0 Å². The predicted octanol–water partition coefficient (Wildman–Crippen LogP) is -0.695. The summed E-state index contributed by atoms with van der Waals surface area (Å²) >= 11 is 0. The zero-order valence-corrected chi connectivity index (χ0v) is 19.1. The lowest BCUT2D eigenvalue weighted by atomic mass is 9.93. The van der Waals surface area contributed by atoms with Gasteiger partial charge in [0.1, 0.15) is 18.8 Å². The minimum atomic E-state index is -1.52. The van der Waals surface area contributed by atoms with Gasteiger partial charge in [0, 0.05) is 40.7 Å². The van der Waals surface area contributed by atoms with Crippen LogP contribution in [0.5, 0.6) is 0 Å². The van der Waals surface area contributed by atoms with Crippen LogP contribution < -0.4 is 5.32 Å². The standard InChI is InChI=1S/C20H27NO12/c1-9(22)21-17-14(30-11(3)24)7-15(20(27)28-6)33-19(17)18(32-13(5)26)16(31-12(4)25)8-29-10(2)23/h7,14,16-19H,8H2,1-6H3,(H,21,22)/t14-,16?,17+,18+,19+/m0/s1. The molecule has 1 rings (SSSR count). The van der Waals surface area contributed by atoms with Gasteiger partial charge >= 0.3 is 29.8 Å². The van der Waals surface area contributed by atoms with E-state index in [1.807, 2.05) is 0 Å². The van der Waals surface area contributed by atoms with Gasteiger partial charge in [0.25, 0.3) is 0 Å². The Morgan fingerprint density at radius 2 is 1.55 bits per heavy atom. The van der Waals surface area contributed by atoms with Gasteiger partial charge in [0.2, 0.25) is 11.7 Å². The summed E-state index contributed by atoms with van der Waals surface area (Å²) in [4.78, 5) is 70.6. The molecule has 184 valence electrons. The first-order chi connectivity index (χ1) is 15.3. The van der Waals surface area contributed by atoms with Crippen molar-refractivity contribution < 1.29 is 57.2 Å². The lowest BCUT2D eigenvalue weighted by Gasteiger charge is -2.41. The third kappa shape index (κ3) is 8.79. The van der Waals surface area contributed by atoms with E-state index in [9.17, 15) is 28.8 Å². The molecule has 5 atom stereocenters. The van der Waals surface area contributed by atoms with Crippen molar-refractivity contribution in [2.24, 2.45) is 0 Å².